The van der Waals surface area contributed by atoms with Crippen LogP contribution in [0.3, 0.4) is 0 Å². The Bertz CT molecular complexity index is 753. The normalized spacial score (nSPS) is 26.5. The molecule has 1 saturated heterocycles. The molecule has 1 aliphatic rings. The standard InChI is InChI=1S/C13H12F3N3O6/c1-5(20)9-10(7-4-6(19(24)25)2-3-8(7)21)17-11(22)18-12(9,23)13(14,15)16/h2-4,9-10,21,23H,1H3,(H2,17,18,22)/p-1/t9-,10+,12-/m1/s1. The summed E-state index contributed by atoms with van der Waals surface area (Å²) in [5.41, 5.74) is -5.18. The Hall–Kier alpha value is -2.89. The molecule has 1 aliphatic heterocycles. The largest absolute Gasteiger partial charge is 0.872 e. The molecule has 1 heterocycles. The summed E-state index contributed by atoms with van der Waals surface area (Å²) in [7, 11) is 0. The molecule has 1 aromatic carbocycles. The highest BCUT2D eigenvalue weighted by atomic mass is 19.4. The van der Waals surface area contributed by atoms with Gasteiger partial charge in [0.2, 0.25) is 5.72 Å². The molecule has 0 aliphatic carbocycles. The monoisotopic (exact) mass is 362 g/mol. The van der Waals surface area contributed by atoms with E-state index < -0.39 is 57.6 Å². The summed E-state index contributed by atoms with van der Waals surface area (Å²) < 4.78 is 39.8. The van der Waals surface area contributed by atoms with E-state index in [0.29, 0.717) is 6.07 Å². The van der Waals surface area contributed by atoms with Crippen molar-refractivity contribution in [2.75, 3.05) is 0 Å². The highest BCUT2D eigenvalue weighted by Gasteiger charge is 2.65. The number of urea groups is 1. The van der Waals surface area contributed by atoms with Crippen molar-refractivity contribution in [2.24, 2.45) is 5.92 Å². The number of hydrogen-bond donors (Lipinski definition) is 3. The van der Waals surface area contributed by atoms with Crippen LogP contribution >= 0.6 is 0 Å². The molecule has 1 aromatic rings. The van der Waals surface area contributed by atoms with E-state index in [-0.39, 0.29) is 0 Å². The van der Waals surface area contributed by atoms with Gasteiger partial charge < -0.3 is 20.8 Å². The third-order valence-electron chi connectivity index (χ3n) is 3.78. The van der Waals surface area contributed by atoms with Crippen LogP contribution in [0.25, 0.3) is 0 Å². The second-order valence-electron chi connectivity index (χ2n) is 5.41. The van der Waals surface area contributed by atoms with Gasteiger partial charge in [0.1, 0.15) is 5.78 Å². The van der Waals surface area contributed by atoms with Crippen molar-refractivity contribution in [2.45, 2.75) is 24.9 Å². The minimum atomic E-state index is -5.44. The summed E-state index contributed by atoms with van der Waals surface area (Å²) in [4.78, 5) is 33.3. The summed E-state index contributed by atoms with van der Waals surface area (Å²) in [5, 5.41) is 35.9. The van der Waals surface area contributed by atoms with Gasteiger partial charge in [-0.25, -0.2) is 4.79 Å². The first-order valence-electron chi connectivity index (χ1n) is 6.72. The summed E-state index contributed by atoms with van der Waals surface area (Å²) in [6, 6.07) is -1.19. The maximum atomic E-state index is 13.3. The molecule has 0 radical (unpaired) electrons. The van der Waals surface area contributed by atoms with Crippen LogP contribution in [0.15, 0.2) is 18.2 Å². The molecule has 0 saturated carbocycles. The molecule has 2 rings (SSSR count). The number of Topliss-reactive ketones (excluding diaryl/α,β-unsaturated/α-hetero) is 1. The summed E-state index contributed by atoms with van der Waals surface area (Å²) in [6.45, 7) is 0.732. The maximum Gasteiger partial charge on any atom is 0.437 e. The van der Waals surface area contributed by atoms with E-state index in [1.807, 2.05) is 5.32 Å². The van der Waals surface area contributed by atoms with Gasteiger partial charge in [0.05, 0.1) is 16.9 Å². The van der Waals surface area contributed by atoms with Crippen molar-refractivity contribution in [3.05, 3.63) is 33.9 Å². The van der Waals surface area contributed by atoms with Gasteiger partial charge in [-0.05, 0) is 12.5 Å². The predicted molar refractivity (Wildman–Crippen MR) is 72.1 cm³/mol. The van der Waals surface area contributed by atoms with Crippen LogP contribution in [0, 0.1) is 16.0 Å². The molecule has 0 spiro atoms. The molecule has 12 heteroatoms. The van der Waals surface area contributed by atoms with E-state index in [0.717, 1.165) is 19.1 Å². The van der Waals surface area contributed by atoms with Crippen molar-refractivity contribution >= 4 is 17.5 Å². The number of carbonyl (C=O) groups excluding carboxylic acids is 2. The minimum absolute atomic E-state index is 0.619. The van der Waals surface area contributed by atoms with Gasteiger partial charge in [-0.2, -0.15) is 13.2 Å². The van der Waals surface area contributed by atoms with Gasteiger partial charge in [-0.1, -0.05) is 6.07 Å². The van der Waals surface area contributed by atoms with Crippen LogP contribution in [0.5, 0.6) is 5.75 Å². The lowest BCUT2D eigenvalue weighted by Gasteiger charge is -2.45. The molecule has 0 bridgehead atoms. The first-order chi connectivity index (χ1) is 11.4. The summed E-state index contributed by atoms with van der Waals surface area (Å²) >= 11 is 0. The molecule has 3 N–H and O–H groups in total. The van der Waals surface area contributed by atoms with E-state index in [1.54, 1.807) is 0 Å². The fourth-order valence-corrected chi connectivity index (χ4v) is 2.68. The third kappa shape index (κ3) is 3.07. The number of ketones is 1. The third-order valence-corrected chi connectivity index (χ3v) is 3.78. The zero-order chi connectivity index (χ0) is 19.2. The van der Waals surface area contributed by atoms with Crippen LogP contribution < -0.4 is 15.7 Å². The van der Waals surface area contributed by atoms with Gasteiger partial charge in [-0.3, -0.25) is 14.9 Å². The van der Waals surface area contributed by atoms with Crippen molar-refractivity contribution in [3.8, 4) is 5.75 Å². The molecule has 9 nitrogen and oxygen atoms in total. The second-order valence-corrected chi connectivity index (χ2v) is 5.41. The van der Waals surface area contributed by atoms with E-state index in [9.17, 15) is 43.1 Å². The number of nitro benzene ring substituents is 1. The van der Waals surface area contributed by atoms with Crippen molar-refractivity contribution < 1.29 is 37.9 Å². The average molecular weight is 362 g/mol. The van der Waals surface area contributed by atoms with Crippen molar-refractivity contribution in [1.82, 2.24) is 10.6 Å². The molecule has 3 atom stereocenters. The van der Waals surface area contributed by atoms with Crippen LogP contribution in [0.4, 0.5) is 23.7 Å². The molecule has 2 amide bonds. The Morgan fingerprint density at radius 2 is 2.00 bits per heavy atom. The van der Waals surface area contributed by atoms with E-state index >= 15 is 0 Å². The Morgan fingerprint density at radius 1 is 1.40 bits per heavy atom. The number of amides is 2. The number of hydrogen-bond acceptors (Lipinski definition) is 6. The van der Waals surface area contributed by atoms with E-state index in [1.165, 1.54) is 5.32 Å². The van der Waals surface area contributed by atoms with Crippen molar-refractivity contribution in [3.63, 3.8) is 0 Å². The number of aliphatic hydroxyl groups is 1. The number of halogens is 3. The first-order valence-corrected chi connectivity index (χ1v) is 6.72. The summed E-state index contributed by atoms with van der Waals surface area (Å²) in [6.07, 6.45) is -5.44. The lowest BCUT2D eigenvalue weighted by Crippen LogP contribution is -2.72. The Labute approximate surface area is 137 Å². The molecule has 0 aromatic heterocycles. The number of carbonyl (C=O) groups is 2. The number of nitro groups is 1. The molecular formula is C13H11F3N3O6-. The molecular weight excluding hydrogens is 351 g/mol. The zero-order valence-electron chi connectivity index (χ0n) is 12.5. The minimum Gasteiger partial charge on any atom is -0.872 e. The number of alkyl halides is 3. The lowest BCUT2D eigenvalue weighted by atomic mass is 9.79. The first kappa shape index (κ1) is 18.4. The molecule has 25 heavy (non-hydrogen) atoms. The van der Waals surface area contributed by atoms with Crippen LogP contribution in [-0.4, -0.2) is 33.7 Å². The number of rotatable bonds is 3. The smallest absolute Gasteiger partial charge is 0.437 e. The Balaban J connectivity index is 2.66. The highest BCUT2D eigenvalue weighted by Crippen LogP contribution is 2.44. The van der Waals surface area contributed by atoms with Crippen LogP contribution in [-0.2, 0) is 4.79 Å². The maximum absolute atomic E-state index is 13.3. The number of non-ortho nitro benzene ring substituents is 1. The highest BCUT2D eigenvalue weighted by molar-refractivity contribution is 5.86. The van der Waals surface area contributed by atoms with E-state index in [4.69, 9.17) is 0 Å². The number of nitrogens with zero attached hydrogens (tertiary/aromatic N) is 1. The Kier molecular flexibility index (Phi) is 4.34. The van der Waals surface area contributed by atoms with Crippen LogP contribution in [0.1, 0.15) is 18.5 Å². The van der Waals surface area contributed by atoms with E-state index in [2.05, 4.69) is 0 Å². The van der Waals surface area contributed by atoms with Crippen LogP contribution in [0.2, 0.25) is 0 Å². The quantitative estimate of drug-likeness (QED) is 0.527. The van der Waals surface area contributed by atoms with Gasteiger partial charge in [0.25, 0.3) is 5.69 Å². The summed E-state index contributed by atoms with van der Waals surface area (Å²) in [5.74, 6) is -4.46. The fraction of sp³-hybridized carbons (Fsp3) is 0.385. The molecule has 136 valence electrons. The van der Waals surface area contributed by atoms with Crippen molar-refractivity contribution in [1.29, 1.82) is 0 Å². The Morgan fingerprint density at radius 3 is 2.48 bits per heavy atom. The number of nitrogens with one attached hydrogen (secondary N) is 2. The van der Waals surface area contributed by atoms with Gasteiger partial charge in [0, 0.05) is 12.1 Å². The number of benzene rings is 1. The molecule has 1 fully saturated rings. The topological polar surface area (TPSA) is 145 Å². The fourth-order valence-electron chi connectivity index (χ4n) is 2.68. The molecule has 0 unspecified atom stereocenters. The van der Waals surface area contributed by atoms with Gasteiger partial charge >= 0.3 is 12.2 Å². The lowest BCUT2D eigenvalue weighted by molar-refractivity contribution is -0.385. The average Bonchev–Trinajstić information content (AvgIpc) is 2.44. The van der Waals surface area contributed by atoms with Gasteiger partial charge in [-0.15, -0.1) is 5.75 Å². The predicted octanol–water partition coefficient (Wildman–Crippen LogP) is 0.478. The SMILES string of the molecule is CC(=O)[C@@H]1[C@H](c2cc([N+](=O)[O-])ccc2[O-])NC(=O)N[C@]1(O)C(F)(F)F. The second kappa shape index (κ2) is 5.88. The zero-order valence-corrected chi connectivity index (χ0v) is 12.5. The van der Waals surface area contributed by atoms with Gasteiger partial charge in [0.15, 0.2) is 0 Å².